The summed E-state index contributed by atoms with van der Waals surface area (Å²) >= 11 is 2.52. The molecule has 0 fully saturated rings. The van der Waals surface area contributed by atoms with Gasteiger partial charge in [-0.2, -0.15) is 0 Å². The number of rotatable bonds is 4. The number of nitrogens with zero attached hydrogens (tertiary/aromatic N) is 1. The summed E-state index contributed by atoms with van der Waals surface area (Å²) in [6.07, 6.45) is 1.51. The van der Waals surface area contributed by atoms with Gasteiger partial charge in [-0.15, -0.1) is 11.3 Å². The van der Waals surface area contributed by atoms with Gasteiger partial charge < -0.3 is 5.73 Å². The van der Waals surface area contributed by atoms with Gasteiger partial charge in [-0.3, -0.25) is 9.59 Å². The Morgan fingerprint density at radius 1 is 1.69 bits per heavy atom. The Kier molecular flexibility index (Phi) is 3.44. The summed E-state index contributed by atoms with van der Waals surface area (Å²) in [4.78, 5) is 25.9. The predicted molar refractivity (Wildman–Crippen MR) is 52.0 cm³/mol. The average molecular weight is 216 g/mol. The lowest BCUT2D eigenvalue weighted by atomic mass is 10.4. The molecule has 0 unspecified atom stereocenters. The number of nitrogens with two attached hydrogens (primary N) is 1. The molecule has 0 radical (unpaired) electrons. The molecule has 0 aromatic carbocycles. The largest absolute Gasteiger partial charge is 0.369 e. The van der Waals surface area contributed by atoms with Crippen LogP contribution >= 0.6 is 23.1 Å². The van der Waals surface area contributed by atoms with Gasteiger partial charge in [0.05, 0.1) is 16.8 Å². The van der Waals surface area contributed by atoms with Crippen LogP contribution in [0.1, 0.15) is 16.6 Å². The van der Waals surface area contributed by atoms with E-state index in [1.807, 2.05) is 0 Å². The van der Waals surface area contributed by atoms with Gasteiger partial charge in [0.25, 0.3) is 0 Å². The molecule has 13 heavy (non-hydrogen) atoms. The maximum Gasteiger partial charge on any atom is 0.227 e. The lowest BCUT2D eigenvalue weighted by Crippen LogP contribution is -2.12. The average Bonchev–Trinajstić information content (AvgIpc) is 2.48. The van der Waals surface area contributed by atoms with Crippen molar-refractivity contribution in [3.63, 3.8) is 0 Å². The van der Waals surface area contributed by atoms with E-state index in [0.717, 1.165) is 0 Å². The Hall–Kier alpha value is -0.880. The van der Waals surface area contributed by atoms with Crippen molar-refractivity contribution < 1.29 is 9.59 Å². The van der Waals surface area contributed by atoms with E-state index in [1.165, 1.54) is 36.2 Å². The van der Waals surface area contributed by atoms with Crippen molar-refractivity contribution >= 4 is 34.8 Å². The van der Waals surface area contributed by atoms with Crippen LogP contribution in [0.25, 0.3) is 0 Å². The Morgan fingerprint density at radius 2 is 2.38 bits per heavy atom. The maximum absolute atomic E-state index is 10.9. The topological polar surface area (TPSA) is 73.1 Å². The summed E-state index contributed by atoms with van der Waals surface area (Å²) in [7, 11) is 0. The van der Waals surface area contributed by atoms with Crippen molar-refractivity contribution in [2.75, 3.05) is 5.75 Å². The van der Waals surface area contributed by atoms with Gasteiger partial charge >= 0.3 is 0 Å². The van der Waals surface area contributed by atoms with Crippen LogP contribution in [-0.4, -0.2) is 22.4 Å². The molecule has 1 rings (SSSR count). The first kappa shape index (κ1) is 10.2. The monoisotopic (exact) mass is 216 g/mol. The first-order valence-corrected chi connectivity index (χ1v) is 5.27. The first-order valence-electron chi connectivity index (χ1n) is 3.47. The molecule has 0 saturated carbocycles. The van der Waals surface area contributed by atoms with Gasteiger partial charge in [-0.05, 0) is 0 Å². The molecule has 0 aliphatic heterocycles. The van der Waals surface area contributed by atoms with E-state index in [1.54, 1.807) is 0 Å². The molecule has 0 aliphatic rings. The molecule has 0 spiro atoms. The van der Waals surface area contributed by atoms with Gasteiger partial charge in [-0.25, -0.2) is 4.98 Å². The fourth-order valence-corrected chi connectivity index (χ4v) is 2.24. The molecular formula is C7H8N2O2S2. The van der Waals surface area contributed by atoms with Crippen molar-refractivity contribution in [1.29, 1.82) is 0 Å². The summed E-state index contributed by atoms with van der Waals surface area (Å²) in [6.45, 7) is 1.48. The number of Topliss-reactive ketones (excluding diaryl/α,β-unsaturated/α-hetero) is 1. The van der Waals surface area contributed by atoms with Crippen LogP contribution in [0.15, 0.2) is 10.5 Å². The Labute approximate surface area is 83.5 Å². The number of hydrogen-bond acceptors (Lipinski definition) is 5. The van der Waals surface area contributed by atoms with Crippen molar-refractivity contribution in [3.8, 4) is 0 Å². The van der Waals surface area contributed by atoms with Crippen LogP contribution in [0, 0.1) is 0 Å². The highest BCUT2D eigenvalue weighted by atomic mass is 32.2. The molecule has 4 nitrogen and oxygen atoms in total. The molecule has 0 bridgehead atoms. The van der Waals surface area contributed by atoms with Crippen LogP contribution in [0.2, 0.25) is 0 Å². The number of hydrogen-bond donors (Lipinski definition) is 1. The van der Waals surface area contributed by atoms with Crippen molar-refractivity contribution in [2.45, 2.75) is 11.3 Å². The third kappa shape index (κ3) is 3.16. The molecule has 0 atom stereocenters. The summed E-state index contributed by atoms with van der Waals surface area (Å²) in [5.41, 5.74) is 4.96. The van der Waals surface area contributed by atoms with E-state index in [-0.39, 0.29) is 17.4 Å². The Morgan fingerprint density at radius 3 is 2.85 bits per heavy atom. The maximum atomic E-state index is 10.9. The SMILES string of the molecule is CC(=O)c1cnc(SCC(N)=O)s1. The van der Waals surface area contributed by atoms with E-state index < -0.39 is 0 Å². The Bertz CT molecular complexity index is 335. The summed E-state index contributed by atoms with van der Waals surface area (Å²) in [5, 5.41) is 0. The lowest BCUT2D eigenvalue weighted by molar-refractivity contribution is -0.115. The predicted octanol–water partition coefficient (Wildman–Crippen LogP) is 0.923. The van der Waals surface area contributed by atoms with Gasteiger partial charge in [0, 0.05) is 6.92 Å². The zero-order valence-electron chi connectivity index (χ0n) is 6.94. The van der Waals surface area contributed by atoms with Crippen molar-refractivity contribution in [1.82, 2.24) is 4.98 Å². The van der Waals surface area contributed by atoms with Crippen molar-refractivity contribution in [3.05, 3.63) is 11.1 Å². The molecule has 70 valence electrons. The fraction of sp³-hybridized carbons (Fsp3) is 0.286. The highest BCUT2D eigenvalue weighted by Crippen LogP contribution is 2.23. The second-order valence-corrected chi connectivity index (χ2v) is 4.55. The standard InChI is InChI=1S/C7H8N2O2S2/c1-4(10)5-2-9-7(13-5)12-3-6(8)11/h2H,3H2,1H3,(H2,8,11). The highest BCUT2D eigenvalue weighted by molar-refractivity contribution is 8.01. The lowest BCUT2D eigenvalue weighted by Gasteiger charge is -1.89. The van der Waals surface area contributed by atoms with Crippen LogP contribution in [0.4, 0.5) is 0 Å². The molecular weight excluding hydrogens is 208 g/mol. The van der Waals surface area contributed by atoms with Crippen LogP contribution in [0.5, 0.6) is 0 Å². The van der Waals surface area contributed by atoms with E-state index >= 15 is 0 Å². The highest BCUT2D eigenvalue weighted by Gasteiger charge is 2.06. The number of thioether (sulfide) groups is 1. The zero-order valence-corrected chi connectivity index (χ0v) is 8.58. The quantitative estimate of drug-likeness (QED) is 0.600. The third-order valence-corrected chi connectivity index (χ3v) is 3.45. The Balaban J connectivity index is 2.59. The van der Waals surface area contributed by atoms with Gasteiger partial charge in [0.1, 0.15) is 0 Å². The molecule has 0 aliphatic carbocycles. The number of ketones is 1. The number of amides is 1. The molecule has 0 saturated heterocycles. The number of carbonyl (C=O) groups excluding carboxylic acids is 2. The molecule has 1 aromatic heterocycles. The number of aromatic nitrogens is 1. The summed E-state index contributed by atoms with van der Waals surface area (Å²) < 4.78 is 0.698. The molecule has 2 N–H and O–H groups in total. The van der Waals surface area contributed by atoms with E-state index in [4.69, 9.17) is 5.73 Å². The molecule has 1 aromatic rings. The molecule has 1 amide bonds. The second kappa shape index (κ2) is 4.38. The van der Waals surface area contributed by atoms with E-state index in [2.05, 4.69) is 4.98 Å². The fourth-order valence-electron chi connectivity index (χ4n) is 0.620. The zero-order chi connectivity index (χ0) is 9.84. The van der Waals surface area contributed by atoms with Gasteiger partial charge in [0.15, 0.2) is 10.1 Å². The minimum Gasteiger partial charge on any atom is -0.369 e. The molecule has 1 heterocycles. The minimum absolute atomic E-state index is 0.0107. The number of thiazole rings is 1. The number of primary amides is 1. The van der Waals surface area contributed by atoms with Crippen LogP contribution in [-0.2, 0) is 4.79 Å². The smallest absolute Gasteiger partial charge is 0.227 e. The van der Waals surface area contributed by atoms with E-state index in [0.29, 0.717) is 9.22 Å². The van der Waals surface area contributed by atoms with Crippen LogP contribution < -0.4 is 5.73 Å². The van der Waals surface area contributed by atoms with Crippen molar-refractivity contribution in [2.24, 2.45) is 5.73 Å². The van der Waals surface area contributed by atoms with Crippen LogP contribution in [0.3, 0.4) is 0 Å². The van der Waals surface area contributed by atoms with Gasteiger partial charge in [-0.1, -0.05) is 11.8 Å². The first-order chi connectivity index (χ1) is 6.09. The normalized spacial score (nSPS) is 9.92. The summed E-state index contributed by atoms with van der Waals surface area (Å²) in [5.74, 6) is -0.196. The van der Waals surface area contributed by atoms with Gasteiger partial charge in [0.2, 0.25) is 5.91 Å². The number of carbonyl (C=O) groups is 2. The second-order valence-electron chi connectivity index (χ2n) is 2.30. The summed E-state index contributed by atoms with van der Waals surface area (Å²) in [6, 6.07) is 0. The van der Waals surface area contributed by atoms with E-state index in [9.17, 15) is 9.59 Å². The molecule has 6 heteroatoms. The minimum atomic E-state index is -0.385. The third-order valence-electron chi connectivity index (χ3n) is 1.17.